The summed E-state index contributed by atoms with van der Waals surface area (Å²) in [5.41, 5.74) is 2.84. The molecular formula is C10H16O2. The van der Waals surface area contributed by atoms with Gasteiger partial charge in [0.25, 0.3) is 0 Å². The molecule has 0 amide bonds. The van der Waals surface area contributed by atoms with Crippen LogP contribution in [-0.2, 0) is 4.79 Å². The third-order valence-corrected chi connectivity index (χ3v) is 2.65. The molecule has 1 aliphatic rings. The zero-order chi connectivity index (χ0) is 9.14. The summed E-state index contributed by atoms with van der Waals surface area (Å²) in [5.74, 6) is -0.712. The predicted molar refractivity (Wildman–Crippen MR) is 48.0 cm³/mol. The Labute approximate surface area is 73.3 Å². The smallest absolute Gasteiger partial charge is 0.306 e. The highest BCUT2D eigenvalue weighted by atomic mass is 16.4. The lowest BCUT2D eigenvalue weighted by Gasteiger charge is -2.21. The Hall–Kier alpha value is -0.790. The van der Waals surface area contributed by atoms with Crippen molar-refractivity contribution < 1.29 is 9.90 Å². The van der Waals surface area contributed by atoms with E-state index in [1.54, 1.807) is 0 Å². The summed E-state index contributed by atoms with van der Waals surface area (Å²) in [6, 6.07) is 0. The number of hydrogen-bond acceptors (Lipinski definition) is 1. The van der Waals surface area contributed by atoms with Crippen LogP contribution in [0.5, 0.6) is 0 Å². The van der Waals surface area contributed by atoms with Gasteiger partial charge in [-0.25, -0.2) is 0 Å². The van der Waals surface area contributed by atoms with Crippen molar-refractivity contribution in [3.63, 3.8) is 0 Å². The first-order valence-corrected chi connectivity index (χ1v) is 4.49. The third kappa shape index (κ3) is 2.10. The van der Waals surface area contributed by atoms with Gasteiger partial charge in [-0.2, -0.15) is 0 Å². The Morgan fingerprint density at radius 2 is 1.83 bits per heavy atom. The molecule has 2 nitrogen and oxygen atoms in total. The van der Waals surface area contributed by atoms with Gasteiger partial charge in [0.2, 0.25) is 0 Å². The highest BCUT2D eigenvalue weighted by molar-refractivity contribution is 5.70. The molecule has 0 heterocycles. The Morgan fingerprint density at radius 1 is 1.33 bits per heavy atom. The van der Waals surface area contributed by atoms with Gasteiger partial charge >= 0.3 is 5.97 Å². The van der Waals surface area contributed by atoms with Crippen molar-refractivity contribution in [3.05, 3.63) is 11.1 Å². The molecule has 0 atom stereocenters. The summed E-state index contributed by atoms with van der Waals surface area (Å²) < 4.78 is 0. The maximum absolute atomic E-state index is 10.6. The van der Waals surface area contributed by atoms with Crippen LogP contribution in [0, 0.1) is 5.92 Å². The van der Waals surface area contributed by atoms with Crippen LogP contribution < -0.4 is 0 Å². The van der Waals surface area contributed by atoms with Gasteiger partial charge in [0, 0.05) is 0 Å². The molecule has 12 heavy (non-hydrogen) atoms. The van der Waals surface area contributed by atoms with Gasteiger partial charge in [0.05, 0.1) is 5.92 Å². The van der Waals surface area contributed by atoms with Gasteiger partial charge in [0.1, 0.15) is 0 Å². The normalized spacial score (nSPS) is 23.8. The van der Waals surface area contributed by atoms with Gasteiger partial charge in [0.15, 0.2) is 0 Å². The van der Waals surface area contributed by atoms with Crippen LogP contribution in [0.25, 0.3) is 0 Å². The van der Waals surface area contributed by atoms with Crippen LogP contribution in [0.2, 0.25) is 0 Å². The SMILES string of the molecule is CC(C)=C1CCC(C(=O)O)CC1. The van der Waals surface area contributed by atoms with E-state index in [-0.39, 0.29) is 5.92 Å². The minimum absolute atomic E-state index is 0.0897. The fraction of sp³-hybridized carbons (Fsp3) is 0.700. The lowest BCUT2D eigenvalue weighted by atomic mass is 9.84. The first kappa shape index (κ1) is 9.30. The molecule has 2 heteroatoms. The van der Waals surface area contributed by atoms with Gasteiger partial charge in [-0.15, -0.1) is 0 Å². The third-order valence-electron chi connectivity index (χ3n) is 2.65. The highest BCUT2D eigenvalue weighted by Gasteiger charge is 2.22. The second kappa shape index (κ2) is 3.74. The number of carboxylic acids is 1. The molecule has 0 spiro atoms. The minimum atomic E-state index is -0.622. The summed E-state index contributed by atoms with van der Waals surface area (Å²) in [6.07, 6.45) is 3.63. The number of hydrogen-bond donors (Lipinski definition) is 1. The van der Waals surface area contributed by atoms with Crippen molar-refractivity contribution in [2.24, 2.45) is 5.92 Å². The van der Waals surface area contributed by atoms with Crippen molar-refractivity contribution in [1.82, 2.24) is 0 Å². The molecule has 1 rings (SSSR count). The van der Waals surface area contributed by atoms with E-state index >= 15 is 0 Å². The maximum Gasteiger partial charge on any atom is 0.306 e. The van der Waals surface area contributed by atoms with Crippen molar-refractivity contribution in [3.8, 4) is 0 Å². The molecule has 0 saturated heterocycles. The van der Waals surface area contributed by atoms with Crippen molar-refractivity contribution in [2.75, 3.05) is 0 Å². The van der Waals surface area contributed by atoms with E-state index in [1.165, 1.54) is 11.1 Å². The maximum atomic E-state index is 10.6. The van der Waals surface area contributed by atoms with E-state index in [2.05, 4.69) is 13.8 Å². The average Bonchev–Trinajstić information content (AvgIpc) is 2.04. The summed E-state index contributed by atoms with van der Waals surface area (Å²) >= 11 is 0. The summed E-state index contributed by atoms with van der Waals surface area (Å²) in [7, 11) is 0. The van der Waals surface area contributed by atoms with Gasteiger partial charge < -0.3 is 5.11 Å². The lowest BCUT2D eigenvalue weighted by molar-refractivity contribution is -0.142. The number of allylic oxidation sites excluding steroid dienone is 2. The molecule has 0 aromatic rings. The molecule has 0 bridgehead atoms. The van der Waals surface area contributed by atoms with Crippen molar-refractivity contribution in [1.29, 1.82) is 0 Å². The van der Waals surface area contributed by atoms with E-state index in [4.69, 9.17) is 5.11 Å². The van der Waals surface area contributed by atoms with Crippen LogP contribution in [0.15, 0.2) is 11.1 Å². The van der Waals surface area contributed by atoms with Gasteiger partial charge in [-0.1, -0.05) is 11.1 Å². The Balaban J connectivity index is 2.51. The molecule has 0 radical (unpaired) electrons. The molecule has 0 aliphatic heterocycles. The molecule has 0 aromatic heterocycles. The van der Waals surface area contributed by atoms with Crippen LogP contribution in [-0.4, -0.2) is 11.1 Å². The van der Waals surface area contributed by atoms with Crippen LogP contribution in [0.4, 0.5) is 0 Å². The lowest BCUT2D eigenvalue weighted by Crippen LogP contribution is -2.17. The fourth-order valence-electron chi connectivity index (χ4n) is 1.71. The quantitative estimate of drug-likeness (QED) is 0.611. The number of rotatable bonds is 1. The minimum Gasteiger partial charge on any atom is -0.481 e. The first-order chi connectivity index (χ1) is 5.61. The Morgan fingerprint density at radius 3 is 2.17 bits per heavy atom. The zero-order valence-corrected chi connectivity index (χ0v) is 7.76. The van der Waals surface area contributed by atoms with E-state index < -0.39 is 5.97 Å². The van der Waals surface area contributed by atoms with Gasteiger partial charge in [-0.05, 0) is 39.5 Å². The highest BCUT2D eigenvalue weighted by Crippen LogP contribution is 2.29. The first-order valence-electron chi connectivity index (χ1n) is 4.49. The van der Waals surface area contributed by atoms with Crippen molar-refractivity contribution in [2.45, 2.75) is 39.5 Å². The second-order valence-electron chi connectivity index (χ2n) is 3.72. The summed E-state index contributed by atoms with van der Waals surface area (Å²) in [6.45, 7) is 4.22. The van der Waals surface area contributed by atoms with E-state index in [1.807, 2.05) is 0 Å². The second-order valence-corrected chi connectivity index (χ2v) is 3.72. The number of carboxylic acid groups (broad SMARTS) is 1. The Bertz CT molecular complexity index is 202. The fourth-order valence-corrected chi connectivity index (χ4v) is 1.71. The largest absolute Gasteiger partial charge is 0.481 e. The molecule has 1 saturated carbocycles. The summed E-state index contributed by atoms with van der Waals surface area (Å²) in [5, 5.41) is 8.75. The van der Waals surface area contributed by atoms with Crippen LogP contribution in [0.1, 0.15) is 39.5 Å². The van der Waals surface area contributed by atoms with Crippen LogP contribution in [0.3, 0.4) is 0 Å². The monoisotopic (exact) mass is 168 g/mol. The topological polar surface area (TPSA) is 37.3 Å². The summed E-state index contributed by atoms with van der Waals surface area (Å²) in [4.78, 5) is 10.6. The molecule has 0 unspecified atom stereocenters. The average molecular weight is 168 g/mol. The standard InChI is InChI=1S/C10H16O2/c1-7(2)8-3-5-9(6-4-8)10(11)12/h9H,3-6H2,1-2H3,(H,11,12). The predicted octanol–water partition coefficient (Wildman–Crippen LogP) is 2.60. The zero-order valence-electron chi connectivity index (χ0n) is 7.76. The van der Waals surface area contributed by atoms with Gasteiger partial charge in [-0.3, -0.25) is 4.79 Å². The van der Waals surface area contributed by atoms with E-state index in [0.29, 0.717) is 0 Å². The number of carbonyl (C=O) groups is 1. The van der Waals surface area contributed by atoms with Crippen molar-refractivity contribution >= 4 is 5.97 Å². The molecule has 1 aliphatic carbocycles. The number of aliphatic carboxylic acids is 1. The molecule has 0 aromatic carbocycles. The van der Waals surface area contributed by atoms with Crippen LogP contribution >= 0.6 is 0 Å². The van der Waals surface area contributed by atoms with E-state index in [9.17, 15) is 4.79 Å². The molecule has 68 valence electrons. The molecule has 1 N–H and O–H groups in total. The van der Waals surface area contributed by atoms with E-state index in [0.717, 1.165) is 25.7 Å². The molecule has 1 fully saturated rings. The Kier molecular flexibility index (Phi) is 2.90. The molecular weight excluding hydrogens is 152 g/mol.